The Kier molecular flexibility index (Phi) is 4.95. The predicted octanol–water partition coefficient (Wildman–Crippen LogP) is 3.97. The van der Waals surface area contributed by atoms with Crippen LogP contribution in [-0.2, 0) is 6.54 Å². The van der Waals surface area contributed by atoms with Crippen molar-refractivity contribution in [2.45, 2.75) is 12.6 Å². The molecule has 0 bridgehead atoms. The van der Waals surface area contributed by atoms with Gasteiger partial charge in [-0.1, -0.05) is 42.5 Å². The van der Waals surface area contributed by atoms with E-state index in [9.17, 15) is 4.39 Å². The summed E-state index contributed by atoms with van der Waals surface area (Å²) in [5.74, 6) is -0.380. The summed E-state index contributed by atoms with van der Waals surface area (Å²) >= 11 is 0. The van der Waals surface area contributed by atoms with E-state index in [-0.39, 0.29) is 11.9 Å². The normalized spacial score (nSPS) is 11.7. The molecule has 0 amide bonds. The molecule has 0 aliphatic rings. The van der Waals surface area contributed by atoms with Gasteiger partial charge in [0.05, 0.1) is 23.4 Å². The smallest absolute Gasteiger partial charge is 0.129 e. The molecule has 0 radical (unpaired) electrons. The zero-order chi connectivity index (χ0) is 16.8. The Morgan fingerprint density at radius 3 is 2.50 bits per heavy atom. The fourth-order valence-corrected chi connectivity index (χ4v) is 2.56. The summed E-state index contributed by atoms with van der Waals surface area (Å²) in [4.78, 5) is 4.42. The number of nitrogens with one attached hydrogen (secondary N) is 1. The van der Waals surface area contributed by atoms with E-state index in [4.69, 9.17) is 5.26 Å². The number of benzene rings is 2. The molecule has 0 aliphatic heterocycles. The lowest BCUT2D eigenvalue weighted by Gasteiger charge is -2.19. The van der Waals surface area contributed by atoms with Crippen molar-refractivity contribution < 1.29 is 4.39 Å². The van der Waals surface area contributed by atoms with E-state index in [1.165, 1.54) is 6.07 Å². The standard InChI is InChI=1S/C20H16FN3/c21-18-12-15(13-22)9-10-17(18)14-24-20(16-6-2-1-3-7-16)19-8-4-5-11-23-19/h1-12,20,24H,14H2/t20-/m1/s1. The summed E-state index contributed by atoms with van der Waals surface area (Å²) in [7, 11) is 0. The Morgan fingerprint density at radius 1 is 1.04 bits per heavy atom. The van der Waals surface area contributed by atoms with Gasteiger partial charge in [0.25, 0.3) is 0 Å². The van der Waals surface area contributed by atoms with Crippen molar-refractivity contribution in [1.29, 1.82) is 5.26 Å². The van der Waals surface area contributed by atoms with Crippen molar-refractivity contribution in [3.8, 4) is 6.07 Å². The van der Waals surface area contributed by atoms with Crippen LogP contribution in [0.1, 0.15) is 28.4 Å². The molecule has 3 rings (SSSR count). The predicted molar refractivity (Wildman–Crippen MR) is 90.5 cm³/mol. The van der Waals surface area contributed by atoms with Crippen LogP contribution in [0.2, 0.25) is 0 Å². The Balaban J connectivity index is 1.84. The van der Waals surface area contributed by atoms with Crippen LogP contribution in [0.25, 0.3) is 0 Å². The van der Waals surface area contributed by atoms with Crippen LogP contribution in [0, 0.1) is 17.1 Å². The highest BCUT2D eigenvalue weighted by Gasteiger charge is 2.15. The molecule has 4 heteroatoms. The molecular formula is C20H16FN3. The van der Waals surface area contributed by atoms with Gasteiger partial charge in [0.1, 0.15) is 5.82 Å². The van der Waals surface area contributed by atoms with Gasteiger partial charge in [-0.2, -0.15) is 5.26 Å². The highest BCUT2D eigenvalue weighted by Crippen LogP contribution is 2.21. The summed E-state index contributed by atoms with van der Waals surface area (Å²) in [6.07, 6.45) is 1.75. The molecule has 0 aliphatic carbocycles. The highest BCUT2D eigenvalue weighted by atomic mass is 19.1. The van der Waals surface area contributed by atoms with Crippen molar-refractivity contribution in [2.75, 3.05) is 0 Å². The molecule has 24 heavy (non-hydrogen) atoms. The second-order valence-corrected chi connectivity index (χ2v) is 5.40. The summed E-state index contributed by atoms with van der Waals surface area (Å²) in [6, 6.07) is 22.0. The number of rotatable bonds is 5. The van der Waals surface area contributed by atoms with E-state index in [1.807, 2.05) is 54.6 Å². The lowest BCUT2D eigenvalue weighted by molar-refractivity contribution is 0.554. The van der Waals surface area contributed by atoms with Crippen LogP contribution < -0.4 is 5.32 Å². The van der Waals surface area contributed by atoms with Gasteiger partial charge in [0.15, 0.2) is 0 Å². The van der Waals surface area contributed by atoms with Gasteiger partial charge in [-0.25, -0.2) is 4.39 Å². The zero-order valence-electron chi connectivity index (χ0n) is 13.0. The van der Waals surface area contributed by atoms with Crippen molar-refractivity contribution >= 4 is 0 Å². The van der Waals surface area contributed by atoms with Crippen molar-refractivity contribution in [2.24, 2.45) is 0 Å². The molecule has 1 N–H and O–H groups in total. The van der Waals surface area contributed by atoms with Gasteiger partial charge in [-0.15, -0.1) is 0 Å². The fourth-order valence-electron chi connectivity index (χ4n) is 2.56. The molecule has 0 saturated heterocycles. The van der Waals surface area contributed by atoms with E-state index in [1.54, 1.807) is 18.3 Å². The quantitative estimate of drug-likeness (QED) is 0.774. The van der Waals surface area contributed by atoms with Crippen LogP contribution in [0.3, 0.4) is 0 Å². The minimum atomic E-state index is -0.380. The van der Waals surface area contributed by atoms with E-state index < -0.39 is 0 Å². The van der Waals surface area contributed by atoms with E-state index in [0.717, 1.165) is 11.3 Å². The molecule has 0 saturated carbocycles. The molecule has 1 aromatic heterocycles. The monoisotopic (exact) mass is 317 g/mol. The molecule has 118 valence electrons. The molecule has 2 aromatic carbocycles. The summed E-state index contributed by atoms with van der Waals surface area (Å²) in [6.45, 7) is 0.341. The van der Waals surface area contributed by atoms with Gasteiger partial charge < -0.3 is 5.32 Å². The third-order valence-electron chi connectivity index (χ3n) is 3.80. The van der Waals surface area contributed by atoms with Gasteiger partial charge >= 0.3 is 0 Å². The molecule has 0 unspecified atom stereocenters. The number of aromatic nitrogens is 1. The van der Waals surface area contributed by atoms with Gasteiger partial charge in [0, 0.05) is 18.3 Å². The molecule has 1 atom stereocenters. The maximum atomic E-state index is 14.1. The second-order valence-electron chi connectivity index (χ2n) is 5.40. The SMILES string of the molecule is N#Cc1ccc(CN[C@H](c2ccccc2)c2ccccn2)c(F)c1. The number of hydrogen-bond donors (Lipinski definition) is 1. The van der Waals surface area contributed by atoms with Crippen LogP contribution in [0.4, 0.5) is 4.39 Å². The summed E-state index contributed by atoms with van der Waals surface area (Å²) in [5.41, 5.74) is 2.77. The first-order chi connectivity index (χ1) is 11.8. The Bertz CT molecular complexity index is 802. The summed E-state index contributed by atoms with van der Waals surface area (Å²) in [5, 5.41) is 12.2. The third-order valence-corrected chi connectivity index (χ3v) is 3.80. The summed E-state index contributed by atoms with van der Waals surface area (Å²) < 4.78 is 14.1. The molecule has 3 aromatic rings. The Morgan fingerprint density at radius 2 is 1.83 bits per heavy atom. The number of hydrogen-bond acceptors (Lipinski definition) is 3. The highest BCUT2D eigenvalue weighted by molar-refractivity contribution is 5.33. The first-order valence-corrected chi connectivity index (χ1v) is 7.65. The van der Waals surface area contributed by atoms with Crippen LogP contribution in [-0.4, -0.2) is 4.98 Å². The van der Waals surface area contributed by atoms with Gasteiger partial charge in [0.2, 0.25) is 0 Å². The first kappa shape index (κ1) is 15.9. The number of nitrogens with zero attached hydrogens (tertiary/aromatic N) is 2. The van der Waals surface area contributed by atoms with Crippen LogP contribution >= 0.6 is 0 Å². The maximum absolute atomic E-state index is 14.1. The second kappa shape index (κ2) is 7.49. The third kappa shape index (κ3) is 3.65. The van der Waals surface area contributed by atoms with Crippen LogP contribution in [0.5, 0.6) is 0 Å². The lowest BCUT2D eigenvalue weighted by atomic mass is 10.0. The maximum Gasteiger partial charge on any atom is 0.129 e. The van der Waals surface area contributed by atoms with Gasteiger partial charge in [-0.05, 0) is 29.8 Å². The lowest BCUT2D eigenvalue weighted by Crippen LogP contribution is -2.23. The Hall–Kier alpha value is -3.03. The van der Waals surface area contributed by atoms with Gasteiger partial charge in [-0.3, -0.25) is 4.98 Å². The molecule has 3 nitrogen and oxygen atoms in total. The molecule has 0 spiro atoms. The van der Waals surface area contributed by atoms with Crippen molar-refractivity contribution in [3.05, 3.63) is 101 Å². The first-order valence-electron chi connectivity index (χ1n) is 7.65. The molecule has 0 fully saturated rings. The number of nitriles is 1. The fraction of sp³-hybridized carbons (Fsp3) is 0.100. The number of halogens is 1. The van der Waals surface area contributed by atoms with E-state index in [0.29, 0.717) is 17.7 Å². The van der Waals surface area contributed by atoms with Crippen molar-refractivity contribution in [1.82, 2.24) is 10.3 Å². The van der Waals surface area contributed by atoms with Crippen LogP contribution in [0.15, 0.2) is 72.9 Å². The van der Waals surface area contributed by atoms with Crippen molar-refractivity contribution in [3.63, 3.8) is 0 Å². The minimum Gasteiger partial charge on any atom is -0.301 e. The van der Waals surface area contributed by atoms with E-state index in [2.05, 4.69) is 10.3 Å². The average molecular weight is 317 g/mol. The topological polar surface area (TPSA) is 48.7 Å². The average Bonchev–Trinajstić information content (AvgIpc) is 2.65. The minimum absolute atomic E-state index is 0.137. The zero-order valence-corrected chi connectivity index (χ0v) is 13.0. The largest absolute Gasteiger partial charge is 0.301 e. The Labute approximate surface area is 140 Å². The number of pyridine rings is 1. The molecular weight excluding hydrogens is 301 g/mol. The molecule has 1 heterocycles. The van der Waals surface area contributed by atoms with E-state index >= 15 is 0 Å².